The van der Waals surface area contributed by atoms with Crippen LogP contribution in [-0.4, -0.2) is 35.5 Å². The van der Waals surface area contributed by atoms with Gasteiger partial charge in [-0.2, -0.15) is 0 Å². The minimum atomic E-state index is -0.446. The maximum absolute atomic E-state index is 12.8. The lowest BCUT2D eigenvalue weighted by molar-refractivity contribution is -0.133. The van der Waals surface area contributed by atoms with E-state index < -0.39 is 5.41 Å². The van der Waals surface area contributed by atoms with E-state index in [-0.39, 0.29) is 11.5 Å². The second-order valence-corrected chi connectivity index (χ2v) is 7.66. The lowest BCUT2D eigenvalue weighted by atomic mass is 9.75. The molecule has 1 aromatic heterocycles. The SMILES string of the molecule is O=C(NCCc1nc2ccccc2c(=O)[nH]1)C1(Cc2ccc(Cl)cc2)CNC1. The van der Waals surface area contributed by atoms with Crippen LogP contribution < -0.4 is 16.2 Å². The molecule has 3 N–H and O–H groups in total. The van der Waals surface area contributed by atoms with Gasteiger partial charge >= 0.3 is 0 Å². The summed E-state index contributed by atoms with van der Waals surface area (Å²) in [5.74, 6) is 0.590. The van der Waals surface area contributed by atoms with Crippen molar-refractivity contribution in [2.24, 2.45) is 5.41 Å². The molecule has 0 atom stereocenters. The maximum atomic E-state index is 12.8. The predicted octanol–water partition coefficient (Wildman–Crippen LogP) is 2.07. The van der Waals surface area contributed by atoms with E-state index in [4.69, 9.17) is 11.6 Å². The summed E-state index contributed by atoms with van der Waals surface area (Å²) < 4.78 is 0. The van der Waals surface area contributed by atoms with Gasteiger partial charge in [-0.1, -0.05) is 35.9 Å². The van der Waals surface area contributed by atoms with E-state index in [0.717, 1.165) is 5.56 Å². The number of nitrogens with one attached hydrogen (secondary N) is 3. The van der Waals surface area contributed by atoms with Gasteiger partial charge in [-0.25, -0.2) is 4.98 Å². The number of carbonyl (C=O) groups excluding carboxylic acids is 1. The standard InChI is InChI=1S/C21H21ClN4O2/c22-15-7-5-14(6-8-15)11-21(12-23-13-21)20(28)24-10-9-18-25-17-4-2-1-3-16(17)19(27)26-18/h1-8,23H,9-13H2,(H,24,28)(H,25,26,27). The average Bonchev–Trinajstić information content (AvgIpc) is 2.66. The number of amides is 1. The van der Waals surface area contributed by atoms with Crippen LogP contribution in [0.1, 0.15) is 11.4 Å². The highest BCUT2D eigenvalue weighted by Crippen LogP contribution is 2.28. The maximum Gasteiger partial charge on any atom is 0.258 e. The van der Waals surface area contributed by atoms with Crippen LogP contribution in [-0.2, 0) is 17.6 Å². The Morgan fingerprint density at radius 3 is 2.61 bits per heavy atom. The Bertz CT molecular complexity index is 1060. The quantitative estimate of drug-likeness (QED) is 0.595. The Balaban J connectivity index is 1.39. The molecule has 0 saturated carbocycles. The summed E-state index contributed by atoms with van der Waals surface area (Å²) in [7, 11) is 0. The Labute approximate surface area is 167 Å². The van der Waals surface area contributed by atoms with E-state index in [9.17, 15) is 9.59 Å². The molecule has 1 aliphatic heterocycles. The van der Waals surface area contributed by atoms with E-state index in [2.05, 4.69) is 20.6 Å². The summed E-state index contributed by atoms with van der Waals surface area (Å²) in [6.07, 6.45) is 1.13. The van der Waals surface area contributed by atoms with Crippen molar-refractivity contribution in [3.05, 3.63) is 75.3 Å². The first-order chi connectivity index (χ1) is 13.6. The highest BCUT2D eigenvalue weighted by molar-refractivity contribution is 6.30. The summed E-state index contributed by atoms with van der Waals surface area (Å²) in [6.45, 7) is 1.71. The van der Waals surface area contributed by atoms with Gasteiger partial charge < -0.3 is 15.6 Å². The average molecular weight is 397 g/mol. The third-order valence-electron chi connectivity index (χ3n) is 5.17. The van der Waals surface area contributed by atoms with E-state index in [1.807, 2.05) is 42.5 Å². The summed E-state index contributed by atoms with van der Waals surface area (Å²) in [4.78, 5) is 32.2. The van der Waals surface area contributed by atoms with Crippen LogP contribution in [0.25, 0.3) is 10.9 Å². The zero-order chi connectivity index (χ0) is 19.6. The number of benzene rings is 2. The number of fused-ring (bicyclic) bond motifs is 1. The van der Waals surface area contributed by atoms with E-state index in [0.29, 0.717) is 54.2 Å². The van der Waals surface area contributed by atoms with Gasteiger partial charge in [-0.05, 0) is 36.2 Å². The molecular formula is C21H21ClN4O2. The molecule has 28 heavy (non-hydrogen) atoms. The number of aromatic amines is 1. The number of nitrogens with zero attached hydrogens (tertiary/aromatic N) is 1. The molecule has 4 rings (SSSR count). The smallest absolute Gasteiger partial charge is 0.258 e. The second-order valence-electron chi connectivity index (χ2n) is 7.22. The van der Waals surface area contributed by atoms with Crippen molar-refractivity contribution in [1.82, 2.24) is 20.6 Å². The number of halogens is 1. The van der Waals surface area contributed by atoms with E-state index in [1.54, 1.807) is 6.07 Å². The first-order valence-electron chi connectivity index (χ1n) is 9.27. The molecule has 3 aromatic rings. The molecule has 0 radical (unpaired) electrons. The molecule has 1 saturated heterocycles. The molecule has 2 heterocycles. The normalized spacial score (nSPS) is 15.2. The van der Waals surface area contributed by atoms with Crippen LogP contribution >= 0.6 is 11.6 Å². The first-order valence-corrected chi connectivity index (χ1v) is 9.65. The third-order valence-corrected chi connectivity index (χ3v) is 5.43. The van der Waals surface area contributed by atoms with Gasteiger partial charge in [0.1, 0.15) is 5.82 Å². The monoisotopic (exact) mass is 396 g/mol. The van der Waals surface area contributed by atoms with E-state index >= 15 is 0 Å². The lowest BCUT2D eigenvalue weighted by Crippen LogP contribution is -2.62. The minimum absolute atomic E-state index is 0.0179. The number of H-pyrrole nitrogens is 1. The van der Waals surface area contributed by atoms with Gasteiger partial charge in [0.15, 0.2) is 0 Å². The third kappa shape index (κ3) is 3.79. The van der Waals surface area contributed by atoms with Crippen LogP contribution in [0, 0.1) is 5.41 Å². The van der Waals surface area contributed by atoms with Crippen molar-refractivity contribution in [1.29, 1.82) is 0 Å². The van der Waals surface area contributed by atoms with Crippen molar-refractivity contribution >= 4 is 28.4 Å². The highest BCUT2D eigenvalue weighted by Gasteiger charge is 2.43. The fourth-order valence-corrected chi connectivity index (χ4v) is 3.65. The van der Waals surface area contributed by atoms with Crippen LogP contribution in [0.15, 0.2) is 53.3 Å². The highest BCUT2D eigenvalue weighted by atomic mass is 35.5. The Morgan fingerprint density at radius 2 is 1.89 bits per heavy atom. The van der Waals surface area contributed by atoms with Crippen LogP contribution in [0.3, 0.4) is 0 Å². The van der Waals surface area contributed by atoms with Crippen LogP contribution in [0.2, 0.25) is 5.02 Å². The van der Waals surface area contributed by atoms with Gasteiger partial charge in [-0.15, -0.1) is 0 Å². The molecular weight excluding hydrogens is 376 g/mol. The number of hydrogen-bond acceptors (Lipinski definition) is 4. The number of carbonyl (C=O) groups is 1. The number of para-hydroxylation sites is 1. The molecule has 0 aliphatic carbocycles. The van der Waals surface area contributed by atoms with Gasteiger partial charge in [0.25, 0.3) is 5.56 Å². The molecule has 0 bridgehead atoms. The van der Waals surface area contributed by atoms with Crippen LogP contribution in [0.4, 0.5) is 0 Å². The Morgan fingerprint density at radius 1 is 1.14 bits per heavy atom. The van der Waals surface area contributed by atoms with Gasteiger partial charge in [-0.3, -0.25) is 9.59 Å². The zero-order valence-electron chi connectivity index (χ0n) is 15.3. The zero-order valence-corrected chi connectivity index (χ0v) is 16.1. The van der Waals surface area contributed by atoms with Crippen LogP contribution in [0.5, 0.6) is 0 Å². The summed E-state index contributed by atoms with van der Waals surface area (Å²) in [6, 6.07) is 14.8. The number of hydrogen-bond donors (Lipinski definition) is 3. The first kappa shape index (κ1) is 18.7. The number of rotatable bonds is 6. The molecule has 0 unspecified atom stereocenters. The van der Waals surface area contributed by atoms with E-state index in [1.165, 1.54) is 0 Å². The molecule has 144 valence electrons. The lowest BCUT2D eigenvalue weighted by Gasteiger charge is -2.41. The molecule has 1 fully saturated rings. The van der Waals surface area contributed by atoms with Crippen molar-refractivity contribution in [2.75, 3.05) is 19.6 Å². The van der Waals surface area contributed by atoms with Crippen molar-refractivity contribution in [3.8, 4) is 0 Å². The summed E-state index contributed by atoms with van der Waals surface area (Å²) in [5.41, 5.74) is 1.14. The van der Waals surface area contributed by atoms with Crippen molar-refractivity contribution in [2.45, 2.75) is 12.8 Å². The topological polar surface area (TPSA) is 86.9 Å². The summed E-state index contributed by atoms with van der Waals surface area (Å²) >= 11 is 5.94. The molecule has 6 nitrogen and oxygen atoms in total. The largest absolute Gasteiger partial charge is 0.355 e. The second kappa shape index (κ2) is 7.73. The Hall–Kier alpha value is -2.70. The molecule has 1 amide bonds. The van der Waals surface area contributed by atoms with Gasteiger partial charge in [0.2, 0.25) is 5.91 Å². The molecule has 2 aromatic carbocycles. The van der Waals surface area contributed by atoms with Crippen molar-refractivity contribution in [3.63, 3.8) is 0 Å². The van der Waals surface area contributed by atoms with Crippen molar-refractivity contribution < 1.29 is 4.79 Å². The fourth-order valence-electron chi connectivity index (χ4n) is 3.52. The predicted molar refractivity (Wildman–Crippen MR) is 110 cm³/mol. The van der Waals surface area contributed by atoms with Gasteiger partial charge in [0, 0.05) is 31.1 Å². The number of aromatic nitrogens is 2. The van der Waals surface area contributed by atoms with Gasteiger partial charge in [0.05, 0.1) is 16.3 Å². The summed E-state index contributed by atoms with van der Waals surface area (Å²) in [5, 5.41) is 7.46. The molecule has 7 heteroatoms. The molecule has 0 spiro atoms. The minimum Gasteiger partial charge on any atom is -0.355 e. The molecule has 1 aliphatic rings. The fraction of sp³-hybridized carbons (Fsp3) is 0.286. The Kier molecular flexibility index (Phi) is 5.15.